The number of nitrogens with one attached hydrogen (secondary N) is 2. The SMILES string of the molecule is CN=C(NCc1ccc(Cl)cc1Cl)NCC1CCN(S(C)(=O)=O)CC1. The number of halogens is 2. The Morgan fingerprint density at radius 3 is 2.52 bits per heavy atom. The normalized spacial score (nSPS) is 17.5. The molecule has 0 spiro atoms. The largest absolute Gasteiger partial charge is 0.356 e. The van der Waals surface area contributed by atoms with Crippen LogP contribution in [0.2, 0.25) is 10.0 Å². The first kappa shape index (κ1) is 20.3. The van der Waals surface area contributed by atoms with Crippen molar-refractivity contribution < 1.29 is 8.42 Å². The quantitative estimate of drug-likeness (QED) is 0.581. The van der Waals surface area contributed by atoms with Gasteiger partial charge in [-0.2, -0.15) is 0 Å². The van der Waals surface area contributed by atoms with Crippen LogP contribution in [0.4, 0.5) is 0 Å². The zero-order valence-electron chi connectivity index (χ0n) is 14.4. The van der Waals surface area contributed by atoms with Crippen LogP contribution in [0.25, 0.3) is 0 Å². The highest BCUT2D eigenvalue weighted by Crippen LogP contribution is 2.21. The van der Waals surface area contributed by atoms with E-state index in [4.69, 9.17) is 23.2 Å². The number of hydrogen-bond acceptors (Lipinski definition) is 3. The molecule has 6 nitrogen and oxygen atoms in total. The minimum Gasteiger partial charge on any atom is -0.356 e. The van der Waals surface area contributed by atoms with E-state index in [9.17, 15) is 8.42 Å². The van der Waals surface area contributed by atoms with Crippen molar-refractivity contribution in [2.24, 2.45) is 10.9 Å². The zero-order valence-corrected chi connectivity index (χ0v) is 16.8. The van der Waals surface area contributed by atoms with Gasteiger partial charge in [0.2, 0.25) is 10.0 Å². The van der Waals surface area contributed by atoms with E-state index in [-0.39, 0.29) is 0 Å². The minimum absolute atomic E-state index is 0.427. The Morgan fingerprint density at radius 1 is 1.28 bits per heavy atom. The van der Waals surface area contributed by atoms with Gasteiger partial charge in [0, 0.05) is 43.3 Å². The molecule has 1 aromatic rings. The van der Waals surface area contributed by atoms with Gasteiger partial charge in [0.15, 0.2) is 5.96 Å². The van der Waals surface area contributed by atoms with Gasteiger partial charge in [0.05, 0.1) is 6.26 Å². The Hall–Kier alpha value is -1.02. The molecule has 1 saturated heterocycles. The number of rotatable bonds is 5. The zero-order chi connectivity index (χ0) is 18.4. The maximum atomic E-state index is 11.5. The van der Waals surface area contributed by atoms with Gasteiger partial charge >= 0.3 is 0 Å². The van der Waals surface area contributed by atoms with Crippen molar-refractivity contribution >= 4 is 39.2 Å². The Balaban J connectivity index is 1.77. The molecule has 0 aliphatic carbocycles. The highest BCUT2D eigenvalue weighted by Gasteiger charge is 2.24. The summed E-state index contributed by atoms with van der Waals surface area (Å²) in [7, 11) is -1.36. The third-order valence-electron chi connectivity index (χ3n) is 4.29. The number of piperidine rings is 1. The van der Waals surface area contributed by atoms with E-state index in [1.54, 1.807) is 23.5 Å². The van der Waals surface area contributed by atoms with Crippen molar-refractivity contribution in [2.45, 2.75) is 19.4 Å². The molecule has 140 valence electrons. The van der Waals surface area contributed by atoms with Gasteiger partial charge in [0.1, 0.15) is 0 Å². The average Bonchev–Trinajstić information content (AvgIpc) is 2.56. The molecule has 1 aliphatic heterocycles. The Labute approximate surface area is 159 Å². The average molecular weight is 407 g/mol. The maximum absolute atomic E-state index is 11.5. The lowest BCUT2D eigenvalue weighted by Gasteiger charge is -2.30. The standard InChI is InChI=1S/C16H24Cl2N4O2S/c1-19-16(21-11-13-3-4-14(17)9-15(13)18)20-10-12-5-7-22(8-6-12)25(2,23)24/h3-4,9,12H,5-8,10-11H2,1-2H3,(H2,19,20,21). The minimum atomic E-state index is -3.08. The van der Waals surface area contributed by atoms with Crippen LogP contribution in [-0.2, 0) is 16.6 Å². The van der Waals surface area contributed by atoms with Crippen LogP contribution in [0.1, 0.15) is 18.4 Å². The molecule has 1 heterocycles. The molecule has 1 aliphatic rings. The van der Waals surface area contributed by atoms with Crippen molar-refractivity contribution in [3.8, 4) is 0 Å². The summed E-state index contributed by atoms with van der Waals surface area (Å²) in [4.78, 5) is 4.21. The van der Waals surface area contributed by atoms with E-state index in [0.717, 1.165) is 24.9 Å². The van der Waals surface area contributed by atoms with Crippen LogP contribution in [0.3, 0.4) is 0 Å². The molecule has 1 aromatic carbocycles. The number of sulfonamides is 1. The molecule has 0 bridgehead atoms. The van der Waals surface area contributed by atoms with Crippen molar-refractivity contribution in [1.29, 1.82) is 0 Å². The number of nitrogens with zero attached hydrogens (tertiary/aromatic N) is 2. The van der Waals surface area contributed by atoms with Gasteiger partial charge in [-0.1, -0.05) is 29.3 Å². The molecular formula is C16H24Cl2N4O2S. The fraction of sp³-hybridized carbons (Fsp3) is 0.562. The molecule has 0 amide bonds. The van der Waals surface area contributed by atoms with Gasteiger partial charge in [0.25, 0.3) is 0 Å². The highest BCUT2D eigenvalue weighted by molar-refractivity contribution is 7.88. The van der Waals surface area contributed by atoms with E-state index < -0.39 is 10.0 Å². The molecule has 0 radical (unpaired) electrons. The van der Waals surface area contributed by atoms with E-state index in [0.29, 0.717) is 41.6 Å². The number of aliphatic imine (C=N–C) groups is 1. The predicted molar refractivity (Wildman–Crippen MR) is 104 cm³/mol. The van der Waals surface area contributed by atoms with Crippen LogP contribution in [0, 0.1) is 5.92 Å². The summed E-state index contributed by atoms with van der Waals surface area (Å²) in [6, 6.07) is 5.40. The molecule has 0 aromatic heterocycles. The fourth-order valence-corrected chi connectivity index (χ4v) is 4.10. The topological polar surface area (TPSA) is 73.8 Å². The van der Waals surface area contributed by atoms with Crippen molar-refractivity contribution in [3.05, 3.63) is 33.8 Å². The monoisotopic (exact) mass is 406 g/mol. The van der Waals surface area contributed by atoms with Gasteiger partial charge in [-0.05, 0) is 36.5 Å². The lowest BCUT2D eigenvalue weighted by molar-refractivity contribution is 0.275. The van der Waals surface area contributed by atoms with Crippen LogP contribution in [0.5, 0.6) is 0 Å². The van der Waals surface area contributed by atoms with Gasteiger partial charge < -0.3 is 10.6 Å². The van der Waals surface area contributed by atoms with E-state index in [1.807, 2.05) is 6.07 Å². The molecule has 9 heteroatoms. The number of hydrogen-bond donors (Lipinski definition) is 2. The number of benzene rings is 1. The van der Waals surface area contributed by atoms with E-state index in [2.05, 4.69) is 15.6 Å². The maximum Gasteiger partial charge on any atom is 0.211 e. The van der Waals surface area contributed by atoms with Crippen LogP contribution < -0.4 is 10.6 Å². The molecule has 2 N–H and O–H groups in total. The van der Waals surface area contributed by atoms with Crippen molar-refractivity contribution in [1.82, 2.24) is 14.9 Å². The van der Waals surface area contributed by atoms with Crippen molar-refractivity contribution in [3.63, 3.8) is 0 Å². The first-order valence-electron chi connectivity index (χ1n) is 8.13. The summed E-state index contributed by atoms with van der Waals surface area (Å²) < 4.78 is 24.6. The molecule has 1 fully saturated rings. The van der Waals surface area contributed by atoms with Gasteiger partial charge in [-0.15, -0.1) is 0 Å². The molecule has 25 heavy (non-hydrogen) atoms. The second-order valence-electron chi connectivity index (χ2n) is 6.15. The summed E-state index contributed by atoms with van der Waals surface area (Å²) >= 11 is 12.1. The molecule has 0 saturated carbocycles. The predicted octanol–water partition coefficient (Wildman–Crippen LogP) is 2.33. The smallest absolute Gasteiger partial charge is 0.211 e. The lowest BCUT2D eigenvalue weighted by Crippen LogP contribution is -2.43. The molecule has 2 rings (SSSR count). The molecule has 0 atom stereocenters. The summed E-state index contributed by atoms with van der Waals surface area (Å²) in [6.07, 6.45) is 2.96. The second-order valence-corrected chi connectivity index (χ2v) is 8.97. The molecular weight excluding hydrogens is 383 g/mol. The Bertz CT molecular complexity index is 717. The first-order chi connectivity index (χ1) is 11.8. The van der Waals surface area contributed by atoms with Crippen molar-refractivity contribution in [2.75, 3.05) is 32.9 Å². The van der Waals surface area contributed by atoms with E-state index >= 15 is 0 Å². The number of guanidine groups is 1. The molecule has 0 unspecified atom stereocenters. The van der Waals surface area contributed by atoms with Gasteiger partial charge in [-0.25, -0.2) is 12.7 Å². The fourth-order valence-electron chi connectivity index (χ4n) is 2.75. The Morgan fingerprint density at radius 2 is 1.96 bits per heavy atom. The lowest BCUT2D eigenvalue weighted by atomic mass is 9.98. The summed E-state index contributed by atoms with van der Waals surface area (Å²) in [5, 5.41) is 7.74. The van der Waals surface area contributed by atoms with Gasteiger partial charge in [-0.3, -0.25) is 4.99 Å². The summed E-state index contributed by atoms with van der Waals surface area (Å²) in [6.45, 7) is 2.46. The third-order valence-corrected chi connectivity index (χ3v) is 6.18. The summed E-state index contributed by atoms with van der Waals surface area (Å²) in [5.41, 5.74) is 0.940. The van der Waals surface area contributed by atoms with E-state index in [1.165, 1.54) is 6.26 Å². The van der Waals surface area contributed by atoms with Crippen LogP contribution in [0.15, 0.2) is 23.2 Å². The second kappa shape index (κ2) is 9.07. The Kier molecular flexibility index (Phi) is 7.37. The first-order valence-corrected chi connectivity index (χ1v) is 10.7. The van der Waals surface area contributed by atoms with Crippen LogP contribution >= 0.6 is 23.2 Å². The van der Waals surface area contributed by atoms with Crippen LogP contribution in [-0.4, -0.2) is 51.6 Å². The highest BCUT2D eigenvalue weighted by atomic mass is 35.5. The summed E-state index contributed by atoms with van der Waals surface area (Å²) in [5.74, 6) is 1.12. The third kappa shape index (κ3) is 6.33.